The summed E-state index contributed by atoms with van der Waals surface area (Å²) in [6.07, 6.45) is 1.99. The first-order chi connectivity index (χ1) is 20.2. The summed E-state index contributed by atoms with van der Waals surface area (Å²) in [6.45, 7) is 13.5. The molecule has 43 heavy (non-hydrogen) atoms. The molecule has 1 aromatic heterocycles. The summed E-state index contributed by atoms with van der Waals surface area (Å²) in [5.41, 5.74) is 0.230. The molecule has 0 spiro atoms. The first-order valence-corrected chi connectivity index (χ1v) is 15.5. The lowest BCUT2D eigenvalue weighted by atomic mass is 9.94. The molecule has 0 aliphatic carbocycles. The van der Waals surface area contributed by atoms with Crippen molar-refractivity contribution in [3.63, 3.8) is 0 Å². The predicted molar refractivity (Wildman–Crippen MR) is 163 cm³/mol. The van der Waals surface area contributed by atoms with Crippen molar-refractivity contribution in [3.8, 4) is 0 Å². The second kappa shape index (κ2) is 16.5. The van der Waals surface area contributed by atoms with Gasteiger partial charge in [0.2, 0.25) is 11.8 Å². The molecular formula is C30H47N5O7S. The van der Waals surface area contributed by atoms with Crippen LogP contribution in [0.1, 0.15) is 88.3 Å². The van der Waals surface area contributed by atoms with Crippen molar-refractivity contribution in [1.82, 2.24) is 25.4 Å². The minimum absolute atomic E-state index is 0.0376. The molecule has 13 heteroatoms. The number of rotatable bonds is 14. The molecule has 0 aromatic carbocycles. The van der Waals surface area contributed by atoms with Crippen LogP contribution in [0.15, 0.2) is 17.7 Å². The quantitative estimate of drug-likeness (QED) is 0.299. The third-order valence-electron chi connectivity index (χ3n) is 7.59. The minimum Gasteiger partial charge on any atom is -0.469 e. The third kappa shape index (κ3) is 10.4. The number of carbonyl (C=O) groups is 5. The number of thiazole rings is 1. The van der Waals surface area contributed by atoms with Crippen LogP contribution in [0.25, 0.3) is 0 Å². The first-order valence-electron chi connectivity index (χ1n) is 14.6. The van der Waals surface area contributed by atoms with Gasteiger partial charge in [0.25, 0.3) is 5.91 Å². The molecule has 2 rings (SSSR count). The van der Waals surface area contributed by atoms with E-state index in [4.69, 9.17) is 4.74 Å². The number of nitrogens with one attached hydrogen (secondary N) is 2. The summed E-state index contributed by atoms with van der Waals surface area (Å²) in [5, 5.41) is 7.44. The normalized spacial score (nSPS) is 17.5. The van der Waals surface area contributed by atoms with Crippen molar-refractivity contribution >= 4 is 41.0 Å². The standard InChI is InChI=1S/C30H47N5O7S/c1-17(2)23(35(8)30(40)26(18(3)4)33-28(39)22-12-10-11-13-34(22)7)15-24(42-20(6)36)29-32-21(16-43-29)27(38)31-19(5)14-25(37)41-9/h16-18,22-24,26H,5,10-15H2,1-4,6-9H3,(H,31,38)(H,33,39)/t22-,23?,24-,26+/m1/s1. The number of amides is 3. The predicted octanol–water partition coefficient (Wildman–Crippen LogP) is 3.05. The highest BCUT2D eigenvalue weighted by atomic mass is 32.1. The average molecular weight is 622 g/mol. The number of aromatic nitrogens is 1. The maximum atomic E-state index is 13.8. The molecule has 2 N–H and O–H groups in total. The Morgan fingerprint density at radius 3 is 2.40 bits per heavy atom. The van der Waals surface area contributed by atoms with E-state index >= 15 is 0 Å². The number of hydrogen-bond acceptors (Lipinski definition) is 10. The summed E-state index contributed by atoms with van der Waals surface area (Å²) in [7, 11) is 4.86. The van der Waals surface area contributed by atoms with Crippen molar-refractivity contribution in [2.45, 2.75) is 91.0 Å². The second-order valence-corrected chi connectivity index (χ2v) is 12.6. The number of hydrogen-bond donors (Lipinski definition) is 2. The molecule has 1 aromatic rings. The SMILES string of the molecule is C=C(CC(=O)OC)NC(=O)c1csc([C@@H](CC(C(C)C)N(C)C(=O)[C@@H](NC(=O)[C@H]2CCCCN2C)C(C)C)OC(C)=O)n1. The van der Waals surface area contributed by atoms with Gasteiger partial charge in [-0.2, -0.15) is 0 Å². The van der Waals surface area contributed by atoms with E-state index in [1.165, 1.54) is 19.4 Å². The highest BCUT2D eigenvalue weighted by molar-refractivity contribution is 7.09. The van der Waals surface area contributed by atoms with Crippen LogP contribution in [0.3, 0.4) is 0 Å². The van der Waals surface area contributed by atoms with Crippen LogP contribution < -0.4 is 10.6 Å². The highest BCUT2D eigenvalue weighted by Crippen LogP contribution is 2.31. The van der Waals surface area contributed by atoms with Gasteiger partial charge in [-0.25, -0.2) is 4.98 Å². The third-order valence-corrected chi connectivity index (χ3v) is 8.52. The Kier molecular flexibility index (Phi) is 13.8. The van der Waals surface area contributed by atoms with E-state index in [1.54, 1.807) is 11.9 Å². The number of nitrogens with zero attached hydrogens (tertiary/aromatic N) is 3. The zero-order valence-electron chi connectivity index (χ0n) is 26.6. The molecule has 1 fully saturated rings. The van der Waals surface area contributed by atoms with Crippen molar-refractivity contribution < 1.29 is 33.4 Å². The molecule has 1 unspecified atom stereocenters. The van der Waals surface area contributed by atoms with Crippen molar-refractivity contribution in [3.05, 3.63) is 28.4 Å². The summed E-state index contributed by atoms with van der Waals surface area (Å²) < 4.78 is 10.2. The second-order valence-electron chi connectivity index (χ2n) is 11.7. The first kappa shape index (κ1) is 35.9. The molecule has 0 saturated carbocycles. The van der Waals surface area contributed by atoms with Gasteiger partial charge in [0.1, 0.15) is 16.7 Å². The van der Waals surface area contributed by atoms with Gasteiger partial charge >= 0.3 is 11.9 Å². The number of esters is 2. The van der Waals surface area contributed by atoms with Gasteiger partial charge in [-0.1, -0.05) is 40.7 Å². The minimum atomic E-state index is -0.826. The summed E-state index contributed by atoms with van der Waals surface area (Å²) >= 11 is 1.15. The Hall–Kier alpha value is -3.32. The van der Waals surface area contributed by atoms with E-state index in [0.29, 0.717) is 5.01 Å². The van der Waals surface area contributed by atoms with Crippen LogP contribution >= 0.6 is 11.3 Å². The van der Waals surface area contributed by atoms with Gasteiger partial charge in [-0.3, -0.25) is 28.9 Å². The highest BCUT2D eigenvalue weighted by Gasteiger charge is 2.36. The Labute approximate surface area is 258 Å². The number of ether oxygens (including phenoxy) is 2. The monoisotopic (exact) mass is 621 g/mol. The maximum Gasteiger partial charge on any atom is 0.311 e. The fourth-order valence-electron chi connectivity index (χ4n) is 5.10. The van der Waals surface area contributed by atoms with Crippen LogP contribution in [0.5, 0.6) is 0 Å². The lowest BCUT2D eigenvalue weighted by Gasteiger charge is -2.37. The molecule has 12 nitrogen and oxygen atoms in total. The van der Waals surface area contributed by atoms with Gasteiger partial charge in [0.05, 0.1) is 19.6 Å². The Bertz CT molecular complexity index is 1170. The van der Waals surface area contributed by atoms with E-state index in [1.807, 2.05) is 39.6 Å². The van der Waals surface area contributed by atoms with Gasteiger partial charge in [-0.05, 0) is 38.3 Å². The zero-order valence-corrected chi connectivity index (χ0v) is 27.4. The summed E-state index contributed by atoms with van der Waals surface area (Å²) in [4.78, 5) is 71.3. The topological polar surface area (TPSA) is 147 Å². The molecule has 0 radical (unpaired) electrons. The maximum absolute atomic E-state index is 13.8. The molecule has 1 saturated heterocycles. The van der Waals surface area contributed by atoms with Gasteiger partial charge in [0, 0.05) is 37.5 Å². The van der Waals surface area contributed by atoms with Crippen LogP contribution in [0.4, 0.5) is 0 Å². The van der Waals surface area contributed by atoms with Crippen LogP contribution in [0.2, 0.25) is 0 Å². The van der Waals surface area contributed by atoms with Crippen LogP contribution in [-0.2, 0) is 28.7 Å². The average Bonchev–Trinajstić information content (AvgIpc) is 3.43. The summed E-state index contributed by atoms with van der Waals surface area (Å²) in [6, 6.07) is -1.38. The lowest BCUT2D eigenvalue weighted by molar-refractivity contribution is -0.149. The molecule has 240 valence electrons. The van der Waals surface area contributed by atoms with E-state index in [0.717, 1.165) is 37.1 Å². The fourth-order valence-corrected chi connectivity index (χ4v) is 5.94. The molecule has 4 atom stereocenters. The largest absolute Gasteiger partial charge is 0.469 e. The smallest absolute Gasteiger partial charge is 0.311 e. The number of likely N-dealkylation sites (tertiary alicyclic amines) is 1. The van der Waals surface area contributed by atoms with E-state index < -0.39 is 30.0 Å². The Morgan fingerprint density at radius 1 is 1.16 bits per heavy atom. The zero-order chi connectivity index (χ0) is 32.4. The Balaban J connectivity index is 2.23. The molecular weight excluding hydrogens is 574 g/mol. The van der Waals surface area contributed by atoms with Crippen molar-refractivity contribution in [2.24, 2.45) is 11.8 Å². The van der Waals surface area contributed by atoms with Gasteiger partial charge < -0.3 is 25.0 Å². The van der Waals surface area contributed by atoms with Gasteiger partial charge in [-0.15, -0.1) is 11.3 Å². The van der Waals surface area contributed by atoms with Crippen molar-refractivity contribution in [2.75, 3.05) is 27.7 Å². The van der Waals surface area contributed by atoms with Gasteiger partial charge in [0.15, 0.2) is 6.10 Å². The molecule has 1 aliphatic rings. The molecule has 1 aliphatic heterocycles. The van der Waals surface area contributed by atoms with Crippen molar-refractivity contribution in [1.29, 1.82) is 0 Å². The van der Waals surface area contributed by atoms with Crippen LogP contribution in [0, 0.1) is 11.8 Å². The molecule has 2 heterocycles. The lowest BCUT2D eigenvalue weighted by Crippen LogP contribution is -2.57. The van der Waals surface area contributed by atoms with E-state index in [9.17, 15) is 24.0 Å². The van der Waals surface area contributed by atoms with E-state index in [-0.39, 0.29) is 60.0 Å². The van der Waals surface area contributed by atoms with E-state index in [2.05, 4.69) is 26.9 Å². The number of likely N-dealkylation sites (N-methyl/N-ethyl adjacent to an activating group) is 2. The number of carbonyl (C=O) groups excluding carboxylic acids is 5. The molecule has 3 amide bonds. The fraction of sp³-hybridized carbons (Fsp3) is 0.667. The van der Waals surface area contributed by atoms with Crippen LogP contribution in [-0.4, -0.2) is 90.3 Å². The molecule has 0 bridgehead atoms. The number of methoxy groups -OCH3 is 1. The Morgan fingerprint density at radius 2 is 1.84 bits per heavy atom. The number of piperidine rings is 1. The summed E-state index contributed by atoms with van der Waals surface area (Å²) in [5.74, 6) is -2.21.